The summed E-state index contributed by atoms with van der Waals surface area (Å²) in [6.45, 7) is 5.25. The minimum atomic E-state index is -0.612. The van der Waals surface area contributed by atoms with E-state index in [-0.39, 0.29) is 5.91 Å². The summed E-state index contributed by atoms with van der Waals surface area (Å²) in [7, 11) is 0. The first-order valence-electron chi connectivity index (χ1n) is 5.22. The third kappa shape index (κ3) is 4.87. The van der Waals surface area contributed by atoms with Crippen molar-refractivity contribution in [2.45, 2.75) is 26.9 Å². The quantitative estimate of drug-likeness (QED) is 0.663. The number of hydrazone groups is 1. The van der Waals surface area contributed by atoms with Crippen LogP contribution in [0.1, 0.15) is 20.8 Å². The molecule has 1 amide bonds. The number of carbonyl (C=O) groups is 1. The van der Waals surface area contributed by atoms with E-state index in [1.807, 2.05) is 0 Å². The summed E-state index contributed by atoms with van der Waals surface area (Å²) in [4.78, 5) is 11.5. The summed E-state index contributed by atoms with van der Waals surface area (Å²) in [6, 6.07) is 6.83. The van der Waals surface area contributed by atoms with E-state index >= 15 is 0 Å². The van der Waals surface area contributed by atoms with E-state index < -0.39 is 6.10 Å². The van der Waals surface area contributed by atoms with Crippen LogP contribution in [0.2, 0.25) is 5.02 Å². The molecule has 0 bridgehead atoms. The molecule has 0 aliphatic carbocycles. The highest BCUT2D eigenvalue weighted by Gasteiger charge is 2.13. The number of nitrogens with one attached hydrogen (secondary N) is 1. The van der Waals surface area contributed by atoms with E-state index in [0.717, 1.165) is 5.71 Å². The Kier molecular flexibility index (Phi) is 4.97. The van der Waals surface area contributed by atoms with Gasteiger partial charge in [-0.3, -0.25) is 4.79 Å². The molecule has 17 heavy (non-hydrogen) atoms. The standard InChI is InChI=1S/C12H15ClN2O2/c1-8(2)14-15-12(16)9(3)17-11-6-4-10(13)5-7-11/h4-7,9H,1-3H3,(H,15,16)/t9-/m1/s1. The van der Waals surface area contributed by atoms with Gasteiger partial charge < -0.3 is 4.74 Å². The fourth-order valence-electron chi connectivity index (χ4n) is 1.03. The highest BCUT2D eigenvalue weighted by molar-refractivity contribution is 6.30. The Morgan fingerprint density at radius 1 is 1.35 bits per heavy atom. The Morgan fingerprint density at radius 3 is 2.47 bits per heavy atom. The maximum Gasteiger partial charge on any atom is 0.280 e. The van der Waals surface area contributed by atoms with E-state index in [0.29, 0.717) is 10.8 Å². The number of hydrogen-bond donors (Lipinski definition) is 1. The average Bonchev–Trinajstić information content (AvgIpc) is 2.28. The average molecular weight is 255 g/mol. The van der Waals surface area contributed by atoms with Crippen molar-refractivity contribution < 1.29 is 9.53 Å². The maximum absolute atomic E-state index is 11.5. The van der Waals surface area contributed by atoms with Gasteiger partial charge in [0.05, 0.1) is 0 Å². The van der Waals surface area contributed by atoms with E-state index in [1.165, 1.54) is 0 Å². The molecule has 1 rings (SSSR count). The first-order valence-corrected chi connectivity index (χ1v) is 5.60. The Hall–Kier alpha value is -1.55. The Labute approximate surface area is 106 Å². The molecule has 0 aliphatic heterocycles. The topological polar surface area (TPSA) is 50.7 Å². The second-order valence-corrected chi connectivity index (χ2v) is 4.19. The second kappa shape index (κ2) is 6.25. The molecule has 0 aromatic heterocycles. The molecule has 5 heteroatoms. The third-order valence-corrected chi connectivity index (χ3v) is 2.14. The van der Waals surface area contributed by atoms with Gasteiger partial charge in [-0.1, -0.05) is 11.6 Å². The van der Waals surface area contributed by atoms with E-state index in [1.54, 1.807) is 45.0 Å². The van der Waals surface area contributed by atoms with Gasteiger partial charge in [0.2, 0.25) is 0 Å². The monoisotopic (exact) mass is 254 g/mol. The molecule has 4 nitrogen and oxygen atoms in total. The second-order valence-electron chi connectivity index (χ2n) is 3.75. The van der Waals surface area contributed by atoms with Crippen LogP contribution in [-0.2, 0) is 4.79 Å². The molecule has 1 aromatic carbocycles. The fourth-order valence-corrected chi connectivity index (χ4v) is 1.15. The van der Waals surface area contributed by atoms with Crippen molar-refractivity contribution in [2.24, 2.45) is 5.10 Å². The molecule has 0 aliphatic rings. The van der Waals surface area contributed by atoms with Crippen LogP contribution < -0.4 is 10.2 Å². The van der Waals surface area contributed by atoms with Crippen LogP contribution in [0.5, 0.6) is 5.75 Å². The zero-order valence-corrected chi connectivity index (χ0v) is 10.8. The molecule has 0 saturated heterocycles. The lowest BCUT2D eigenvalue weighted by Gasteiger charge is -2.12. The van der Waals surface area contributed by atoms with Crippen LogP contribution in [0.25, 0.3) is 0 Å². The molecule has 0 saturated carbocycles. The Bertz CT molecular complexity index is 411. The summed E-state index contributed by atoms with van der Waals surface area (Å²) in [5.74, 6) is 0.301. The van der Waals surface area contributed by atoms with Crippen LogP contribution in [-0.4, -0.2) is 17.7 Å². The number of amides is 1. The van der Waals surface area contributed by atoms with Crippen LogP contribution in [0.4, 0.5) is 0 Å². The van der Waals surface area contributed by atoms with Crippen molar-refractivity contribution in [1.82, 2.24) is 5.43 Å². The number of nitrogens with zero attached hydrogens (tertiary/aromatic N) is 1. The van der Waals surface area contributed by atoms with Gasteiger partial charge in [0, 0.05) is 10.7 Å². The number of carbonyl (C=O) groups excluding carboxylic acids is 1. The predicted molar refractivity (Wildman–Crippen MR) is 68.5 cm³/mol. The number of hydrogen-bond acceptors (Lipinski definition) is 3. The van der Waals surface area contributed by atoms with Gasteiger partial charge in [0.1, 0.15) is 5.75 Å². The largest absolute Gasteiger partial charge is 0.481 e. The van der Waals surface area contributed by atoms with Gasteiger partial charge in [-0.15, -0.1) is 0 Å². The minimum absolute atomic E-state index is 0.291. The summed E-state index contributed by atoms with van der Waals surface area (Å²) < 4.78 is 5.42. The molecular formula is C12H15ClN2O2. The van der Waals surface area contributed by atoms with Crippen LogP contribution in [0.15, 0.2) is 29.4 Å². The smallest absolute Gasteiger partial charge is 0.280 e. The van der Waals surface area contributed by atoms with Gasteiger partial charge in [-0.2, -0.15) is 5.10 Å². The summed E-state index contributed by atoms with van der Waals surface area (Å²) in [6.07, 6.45) is -0.612. The lowest BCUT2D eigenvalue weighted by atomic mass is 10.3. The van der Waals surface area contributed by atoms with Gasteiger partial charge >= 0.3 is 0 Å². The van der Waals surface area contributed by atoms with Crippen molar-refractivity contribution in [1.29, 1.82) is 0 Å². The Morgan fingerprint density at radius 2 is 1.94 bits per heavy atom. The third-order valence-electron chi connectivity index (χ3n) is 1.89. The van der Waals surface area contributed by atoms with Gasteiger partial charge in [-0.25, -0.2) is 5.43 Å². The molecule has 0 heterocycles. The molecule has 0 spiro atoms. The molecule has 0 unspecified atom stereocenters. The Balaban J connectivity index is 2.54. The zero-order chi connectivity index (χ0) is 12.8. The first kappa shape index (κ1) is 13.5. The van der Waals surface area contributed by atoms with Crippen molar-refractivity contribution in [3.63, 3.8) is 0 Å². The van der Waals surface area contributed by atoms with Crippen molar-refractivity contribution in [3.8, 4) is 5.75 Å². The zero-order valence-electron chi connectivity index (χ0n) is 10.0. The summed E-state index contributed by atoms with van der Waals surface area (Å²) in [5.41, 5.74) is 3.19. The van der Waals surface area contributed by atoms with Crippen LogP contribution in [0.3, 0.4) is 0 Å². The number of rotatable bonds is 4. The molecule has 1 atom stereocenters. The number of ether oxygens (including phenoxy) is 1. The molecule has 92 valence electrons. The van der Waals surface area contributed by atoms with Crippen LogP contribution >= 0.6 is 11.6 Å². The molecule has 1 aromatic rings. The first-order chi connectivity index (χ1) is 7.99. The van der Waals surface area contributed by atoms with Gasteiger partial charge in [0.25, 0.3) is 5.91 Å². The fraction of sp³-hybridized carbons (Fsp3) is 0.333. The van der Waals surface area contributed by atoms with Crippen molar-refractivity contribution >= 4 is 23.2 Å². The van der Waals surface area contributed by atoms with Crippen molar-refractivity contribution in [2.75, 3.05) is 0 Å². The number of benzene rings is 1. The normalized spacial score (nSPS) is 11.5. The van der Waals surface area contributed by atoms with Gasteiger partial charge in [0.15, 0.2) is 6.10 Å². The maximum atomic E-state index is 11.5. The van der Waals surface area contributed by atoms with E-state index in [2.05, 4.69) is 10.5 Å². The lowest BCUT2D eigenvalue weighted by molar-refractivity contribution is -0.127. The molecule has 0 fully saturated rings. The number of halogens is 1. The summed E-state index contributed by atoms with van der Waals surface area (Å²) >= 11 is 5.74. The molecular weight excluding hydrogens is 240 g/mol. The lowest BCUT2D eigenvalue weighted by Crippen LogP contribution is -2.33. The van der Waals surface area contributed by atoms with Crippen LogP contribution in [0, 0.1) is 0 Å². The molecule has 0 radical (unpaired) electrons. The van der Waals surface area contributed by atoms with E-state index in [4.69, 9.17) is 16.3 Å². The highest BCUT2D eigenvalue weighted by atomic mass is 35.5. The summed E-state index contributed by atoms with van der Waals surface area (Å²) in [5, 5.41) is 4.44. The van der Waals surface area contributed by atoms with E-state index in [9.17, 15) is 4.79 Å². The molecule has 1 N–H and O–H groups in total. The van der Waals surface area contributed by atoms with Gasteiger partial charge in [-0.05, 0) is 45.0 Å². The highest BCUT2D eigenvalue weighted by Crippen LogP contribution is 2.16. The SMILES string of the molecule is CC(C)=NNC(=O)[C@@H](C)Oc1ccc(Cl)cc1. The van der Waals surface area contributed by atoms with Crippen molar-refractivity contribution in [3.05, 3.63) is 29.3 Å². The predicted octanol–water partition coefficient (Wildman–Crippen LogP) is 2.62. The minimum Gasteiger partial charge on any atom is -0.481 e.